The lowest BCUT2D eigenvalue weighted by Crippen LogP contribution is -2.11. The van der Waals surface area contributed by atoms with Crippen LogP contribution in [0.4, 0.5) is 0 Å². The second-order valence-electron chi connectivity index (χ2n) is 6.03. The van der Waals surface area contributed by atoms with Crippen LogP contribution in [0.15, 0.2) is 51.8 Å². The number of sulfone groups is 1. The molecule has 0 radical (unpaired) electrons. The van der Waals surface area contributed by atoms with Crippen LogP contribution in [0.5, 0.6) is 0 Å². The maximum absolute atomic E-state index is 12.7. The van der Waals surface area contributed by atoms with Crippen LogP contribution in [0.2, 0.25) is 10.0 Å². The second kappa shape index (κ2) is 8.47. The molecule has 1 aromatic heterocycles. The summed E-state index contributed by atoms with van der Waals surface area (Å²) in [6.07, 6.45) is 1.01. The van der Waals surface area contributed by atoms with Crippen molar-refractivity contribution in [2.45, 2.75) is 11.8 Å². The van der Waals surface area contributed by atoms with E-state index in [4.69, 9.17) is 27.9 Å². The minimum atomic E-state index is -3.86. The molecule has 0 spiro atoms. The van der Waals surface area contributed by atoms with E-state index in [0.29, 0.717) is 21.3 Å². The average molecular weight is 518 g/mol. The normalized spacial score (nSPS) is 11.5. The van der Waals surface area contributed by atoms with Gasteiger partial charge in [0.2, 0.25) is 0 Å². The van der Waals surface area contributed by atoms with Gasteiger partial charge in [0, 0.05) is 21.3 Å². The molecule has 3 rings (SSSR count). The van der Waals surface area contributed by atoms with Gasteiger partial charge in [0.05, 0.1) is 23.0 Å². The van der Waals surface area contributed by atoms with Crippen LogP contribution < -0.4 is 0 Å². The van der Waals surface area contributed by atoms with Crippen LogP contribution in [0.25, 0.3) is 16.9 Å². The number of esters is 1. The standard InChI is InChI=1S/C19H15BrCl2N2O4S/c1-3-28-19(25)16-18(29(2,26)27)17(11-4-7-13(21)8-5-11)24(23-16)15-9-6-12(20)10-14(15)22/h4-10H,3H2,1-2H3. The lowest BCUT2D eigenvalue weighted by atomic mass is 10.1. The van der Waals surface area contributed by atoms with E-state index in [1.165, 1.54) is 4.68 Å². The summed E-state index contributed by atoms with van der Waals surface area (Å²) < 4.78 is 32.5. The summed E-state index contributed by atoms with van der Waals surface area (Å²) in [6, 6.07) is 11.6. The second-order valence-corrected chi connectivity index (χ2v) is 9.75. The number of hydrogen-bond donors (Lipinski definition) is 0. The van der Waals surface area contributed by atoms with E-state index in [-0.39, 0.29) is 22.9 Å². The molecule has 0 aliphatic carbocycles. The molecule has 0 N–H and O–H groups in total. The molecule has 0 aliphatic rings. The summed E-state index contributed by atoms with van der Waals surface area (Å²) in [5, 5.41) is 5.08. The highest BCUT2D eigenvalue weighted by Gasteiger charge is 2.32. The number of ether oxygens (including phenoxy) is 1. The Kier molecular flexibility index (Phi) is 6.38. The fourth-order valence-corrected chi connectivity index (χ4v) is 4.69. The maximum atomic E-state index is 12.7. The minimum Gasteiger partial charge on any atom is -0.461 e. The van der Waals surface area contributed by atoms with Crippen molar-refractivity contribution in [1.29, 1.82) is 0 Å². The number of aromatic nitrogens is 2. The van der Waals surface area contributed by atoms with Crippen molar-refractivity contribution in [1.82, 2.24) is 9.78 Å². The van der Waals surface area contributed by atoms with Gasteiger partial charge in [0.25, 0.3) is 0 Å². The highest BCUT2D eigenvalue weighted by atomic mass is 79.9. The van der Waals surface area contributed by atoms with Gasteiger partial charge in [-0.1, -0.05) is 51.3 Å². The van der Waals surface area contributed by atoms with E-state index < -0.39 is 15.8 Å². The van der Waals surface area contributed by atoms with E-state index in [2.05, 4.69) is 21.0 Å². The van der Waals surface area contributed by atoms with Gasteiger partial charge in [-0.25, -0.2) is 17.9 Å². The zero-order chi connectivity index (χ0) is 21.3. The van der Waals surface area contributed by atoms with Crippen LogP contribution >= 0.6 is 39.1 Å². The van der Waals surface area contributed by atoms with Gasteiger partial charge in [-0.2, -0.15) is 5.10 Å². The lowest BCUT2D eigenvalue weighted by molar-refractivity contribution is 0.0514. The van der Waals surface area contributed by atoms with E-state index in [0.717, 1.165) is 10.7 Å². The Labute approximate surface area is 186 Å². The number of halogens is 3. The predicted molar refractivity (Wildman–Crippen MR) is 116 cm³/mol. The fourth-order valence-electron chi connectivity index (χ4n) is 2.78. The number of nitrogens with zero attached hydrogens (tertiary/aromatic N) is 2. The third-order valence-corrected chi connectivity index (χ3v) is 6.11. The van der Waals surface area contributed by atoms with Gasteiger partial charge in [0.1, 0.15) is 4.90 Å². The molecule has 0 bridgehead atoms. The zero-order valence-electron chi connectivity index (χ0n) is 15.3. The molecule has 10 heteroatoms. The van der Waals surface area contributed by atoms with Gasteiger partial charge in [-0.3, -0.25) is 0 Å². The molecule has 152 valence electrons. The first kappa shape index (κ1) is 21.8. The Morgan fingerprint density at radius 3 is 2.38 bits per heavy atom. The summed E-state index contributed by atoms with van der Waals surface area (Å²) in [4.78, 5) is 12.3. The van der Waals surface area contributed by atoms with Gasteiger partial charge in [-0.15, -0.1) is 0 Å². The summed E-state index contributed by atoms with van der Waals surface area (Å²) in [5.41, 5.74) is 0.784. The van der Waals surface area contributed by atoms with Crippen molar-refractivity contribution in [2.75, 3.05) is 12.9 Å². The van der Waals surface area contributed by atoms with Crippen molar-refractivity contribution in [3.63, 3.8) is 0 Å². The van der Waals surface area contributed by atoms with E-state index in [1.54, 1.807) is 49.4 Å². The van der Waals surface area contributed by atoms with Crippen molar-refractivity contribution in [2.24, 2.45) is 0 Å². The molecule has 1 heterocycles. The number of hydrogen-bond acceptors (Lipinski definition) is 5. The molecule has 0 atom stereocenters. The molecule has 0 fully saturated rings. The van der Waals surface area contributed by atoms with Crippen molar-refractivity contribution < 1.29 is 17.9 Å². The fraction of sp³-hybridized carbons (Fsp3) is 0.158. The third-order valence-electron chi connectivity index (χ3n) is 3.94. The molecular formula is C19H15BrCl2N2O4S. The number of carbonyl (C=O) groups is 1. The highest BCUT2D eigenvalue weighted by Crippen LogP contribution is 2.36. The Bertz CT molecular complexity index is 1190. The maximum Gasteiger partial charge on any atom is 0.360 e. The molecule has 2 aromatic carbocycles. The topological polar surface area (TPSA) is 78.3 Å². The van der Waals surface area contributed by atoms with Gasteiger partial charge >= 0.3 is 5.97 Å². The molecule has 3 aromatic rings. The van der Waals surface area contributed by atoms with Gasteiger partial charge in [-0.05, 0) is 37.3 Å². The zero-order valence-corrected chi connectivity index (χ0v) is 19.2. The smallest absolute Gasteiger partial charge is 0.360 e. The number of rotatable bonds is 5. The van der Waals surface area contributed by atoms with E-state index >= 15 is 0 Å². The largest absolute Gasteiger partial charge is 0.461 e. The number of benzene rings is 2. The summed E-state index contributed by atoms with van der Waals surface area (Å²) in [7, 11) is -3.86. The molecule has 6 nitrogen and oxygen atoms in total. The Morgan fingerprint density at radius 2 is 1.83 bits per heavy atom. The van der Waals surface area contributed by atoms with E-state index in [1.807, 2.05) is 0 Å². The molecule has 0 saturated carbocycles. The van der Waals surface area contributed by atoms with Crippen LogP contribution in [0, 0.1) is 0 Å². The summed E-state index contributed by atoms with van der Waals surface area (Å²) in [5.74, 6) is -0.838. The molecule has 0 saturated heterocycles. The molecule has 0 aliphatic heterocycles. The van der Waals surface area contributed by atoms with Crippen molar-refractivity contribution in [3.05, 3.63) is 62.7 Å². The first-order valence-electron chi connectivity index (χ1n) is 8.35. The number of carbonyl (C=O) groups excluding carboxylic acids is 1. The van der Waals surface area contributed by atoms with Gasteiger partial charge < -0.3 is 4.74 Å². The van der Waals surface area contributed by atoms with Crippen molar-refractivity contribution in [3.8, 4) is 16.9 Å². The quantitative estimate of drug-likeness (QED) is 0.435. The average Bonchev–Trinajstić information content (AvgIpc) is 3.03. The van der Waals surface area contributed by atoms with Crippen LogP contribution in [-0.4, -0.2) is 37.0 Å². The Balaban J connectivity index is 2.43. The molecule has 0 amide bonds. The summed E-state index contributed by atoms with van der Waals surface area (Å²) >= 11 is 15.7. The van der Waals surface area contributed by atoms with Gasteiger partial charge in [0.15, 0.2) is 15.5 Å². The molecular weight excluding hydrogens is 503 g/mol. The first-order valence-corrected chi connectivity index (χ1v) is 11.8. The predicted octanol–water partition coefficient (Wildman–Crippen LogP) is 5.19. The Morgan fingerprint density at radius 1 is 1.17 bits per heavy atom. The first-order chi connectivity index (χ1) is 13.6. The monoisotopic (exact) mass is 516 g/mol. The summed E-state index contributed by atoms with van der Waals surface area (Å²) in [6.45, 7) is 1.70. The third kappa shape index (κ3) is 4.50. The molecule has 0 unspecified atom stereocenters. The SMILES string of the molecule is CCOC(=O)c1nn(-c2ccc(Br)cc2Cl)c(-c2ccc(Cl)cc2)c1S(C)(=O)=O. The lowest BCUT2D eigenvalue weighted by Gasteiger charge is -2.11. The highest BCUT2D eigenvalue weighted by molar-refractivity contribution is 9.10. The van der Waals surface area contributed by atoms with E-state index in [9.17, 15) is 13.2 Å². The van der Waals surface area contributed by atoms with Crippen molar-refractivity contribution >= 4 is 54.9 Å². The van der Waals surface area contributed by atoms with Crippen LogP contribution in [0.3, 0.4) is 0 Å². The van der Waals surface area contributed by atoms with Crippen LogP contribution in [-0.2, 0) is 14.6 Å². The molecule has 29 heavy (non-hydrogen) atoms. The minimum absolute atomic E-state index is 0.0736. The Hall–Kier alpha value is -1.87. The van der Waals surface area contributed by atoms with Crippen LogP contribution in [0.1, 0.15) is 17.4 Å².